The summed E-state index contributed by atoms with van der Waals surface area (Å²) in [4.78, 5) is 76.5. The molecule has 2 aromatic carbocycles. The zero-order chi connectivity index (χ0) is 36.1. The highest BCUT2D eigenvalue weighted by atomic mass is 16.2. The second kappa shape index (κ2) is 19.0. The number of benzene rings is 2. The van der Waals surface area contributed by atoms with Gasteiger partial charge in [-0.15, -0.1) is 0 Å². The van der Waals surface area contributed by atoms with Crippen molar-refractivity contribution < 1.29 is 24.0 Å². The van der Waals surface area contributed by atoms with Gasteiger partial charge in [0.15, 0.2) is 0 Å². The van der Waals surface area contributed by atoms with Crippen LogP contribution in [0, 0.1) is 27.7 Å². The SMILES string of the molecule is Cc1cc(C)cc(CN2CC(=O)N(CCCN)CC(=O)N(CCN)CC(=O)N(Cc3cc(C)cc(C)c3)CC(=O)N(CCCN)CC2=O)c1. The lowest BCUT2D eigenvalue weighted by molar-refractivity contribution is -0.146. The van der Waals surface area contributed by atoms with E-state index in [-0.39, 0.29) is 72.0 Å². The van der Waals surface area contributed by atoms with Crippen LogP contribution in [-0.2, 0) is 37.1 Å². The van der Waals surface area contributed by atoms with Crippen molar-refractivity contribution in [3.05, 3.63) is 69.8 Å². The number of amides is 5. The molecule has 0 aliphatic carbocycles. The molecule has 13 nitrogen and oxygen atoms in total. The van der Waals surface area contributed by atoms with E-state index in [2.05, 4.69) is 0 Å². The molecule has 268 valence electrons. The highest BCUT2D eigenvalue weighted by Crippen LogP contribution is 2.15. The molecule has 1 aliphatic rings. The van der Waals surface area contributed by atoms with Gasteiger partial charge in [0, 0.05) is 39.3 Å². The van der Waals surface area contributed by atoms with Crippen molar-refractivity contribution in [1.82, 2.24) is 24.5 Å². The normalized spacial score (nSPS) is 16.1. The fraction of sp³-hybridized carbons (Fsp3) is 0.528. The first-order valence-corrected chi connectivity index (χ1v) is 17.0. The molecule has 0 atom stereocenters. The number of nitrogens with two attached hydrogens (primary N) is 3. The van der Waals surface area contributed by atoms with Crippen molar-refractivity contribution in [2.45, 2.75) is 53.6 Å². The summed E-state index contributed by atoms with van der Waals surface area (Å²) >= 11 is 0. The van der Waals surface area contributed by atoms with Crippen molar-refractivity contribution in [3.8, 4) is 0 Å². The number of hydrogen-bond acceptors (Lipinski definition) is 8. The molecule has 49 heavy (non-hydrogen) atoms. The Morgan fingerprint density at radius 2 is 0.714 bits per heavy atom. The number of rotatable bonds is 12. The van der Waals surface area contributed by atoms with Gasteiger partial charge in [0.2, 0.25) is 29.5 Å². The standard InChI is InChI=1S/C36H54N8O5/c1-26-13-27(2)16-30(15-26)19-43-24-33(46)40(10-5-7-37)21-32(45)42(12-9-39)23-36(49)44(20-31-17-28(3)14-29(4)18-31)25-34(47)41(11-6-8-38)22-35(43)48/h13-18H,5-12,19-25,37-39H2,1-4H3. The fourth-order valence-corrected chi connectivity index (χ4v) is 6.14. The summed E-state index contributed by atoms with van der Waals surface area (Å²) in [6.07, 6.45) is 0.872. The van der Waals surface area contributed by atoms with Gasteiger partial charge in [-0.1, -0.05) is 58.7 Å². The van der Waals surface area contributed by atoms with Crippen molar-refractivity contribution in [2.75, 3.05) is 72.0 Å². The number of carbonyl (C=O) groups is 5. The average molecular weight is 679 g/mol. The highest BCUT2D eigenvalue weighted by Gasteiger charge is 2.30. The molecule has 0 saturated carbocycles. The molecule has 2 aromatic rings. The van der Waals surface area contributed by atoms with E-state index in [9.17, 15) is 24.0 Å². The minimum Gasteiger partial charge on any atom is -0.332 e. The van der Waals surface area contributed by atoms with Crippen LogP contribution in [0.4, 0.5) is 0 Å². The minimum atomic E-state index is -0.464. The number of carbonyl (C=O) groups excluding carboxylic acids is 5. The first-order chi connectivity index (χ1) is 23.3. The predicted octanol–water partition coefficient (Wildman–Crippen LogP) is 0.433. The Kier molecular flexibility index (Phi) is 15.2. The van der Waals surface area contributed by atoms with E-state index < -0.39 is 29.5 Å². The van der Waals surface area contributed by atoms with Gasteiger partial charge in [-0.3, -0.25) is 24.0 Å². The lowest BCUT2D eigenvalue weighted by Crippen LogP contribution is -2.50. The summed E-state index contributed by atoms with van der Waals surface area (Å²) in [5.41, 5.74) is 23.2. The van der Waals surface area contributed by atoms with E-state index in [1.807, 2.05) is 64.1 Å². The van der Waals surface area contributed by atoms with Crippen molar-refractivity contribution in [2.24, 2.45) is 17.2 Å². The third kappa shape index (κ3) is 12.3. The van der Waals surface area contributed by atoms with E-state index in [4.69, 9.17) is 17.2 Å². The van der Waals surface area contributed by atoms with Gasteiger partial charge in [-0.25, -0.2) is 0 Å². The van der Waals surface area contributed by atoms with Crippen molar-refractivity contribution >= 4 is 29.5 Å². The Bertz CT molecular complexity index is 1440. The van der Waals surface area contributed by atoms with Crippen molar-refractivity contribution in [1.29, 1.82) is 0 Å². The van der Waals surface area contributed by atoms with E-state index in [1.54, 1.807) is 0 Å². The summed E-state index contributed by atoms with van der Waals surface area (Å²) in [6, 6.07) is 11.8. The molecule has 13 heteroatoms. The minimum absolute atomic E-state index is 0.0782. The van der Waals surface area contributed by atoms with E-state index in [1.165, 1.54) is 24.5 Å². The van der Waals surface area contributed by atoms with Gasteiger partial charge in [0.05, 0.1) is 19.6 Å². The maximum atomic E-state index is 14.1. The lowest BCUT2D eigenvalue weighted by Gasteiger charge is -2.30. The number of aryl methyl sites for hydroxylation is 4. The van der Waals surface area contributed by atoms with Crippen LogP contribution in [-0.4, -0.2) is 126 Å². The summed E-state index contributed by atoms with van der Waals surface area (Å²) in [7, 11) is 0. The van der Waals surface area contributed by atoms with Gasteiger partial charge < -0.3 is 41.7 Å². The molecular weight excluding hydrogens is 624 g/mol. The molecule has 1 heterocycles. The molecule has 0 unspecified atom stereocenters. The average Bonchev–Trinajstić information content (AvgIpc) is 3.02. The van der Waals surface area contributed by atoms with Gasteiger partial charge in [-0.2, -0.15) is 0 Å². The van der Waals surface area contributed by atoms with E-state index >= 15 is 0 Å². The number of hydrogen-bond donors (Lipinski definition) is 3. The third-order valence-corrected chi connectivity index (χ3v) is 8.37. The van der Waals surface area contributed by atoms with Crippen LogP contribution in [0.1, 0.15) is 46.2 Å². The van der Waals surface area contributed by atoms with Crippen LogP contribution in [0.3, 0.4) is 0 Å². The van der Waals surface area contributed by atoms with Crippen LogP contribution in [0.25, 0.3) is 0 Å². The Hall–Kier alpha value is -4.33. The Balaban J connectivity index is 2.09. The molecule has 1 fully saturated rings. The molecule has 0 bridgehead atoms. The first kappa shape index (κ1) is 39.1. The van der Waals surface area contributed by atoms with Gasteiger partial charge in [-0.05, 0) is 64.8 Å². The second-order valence-electron chi connectivity index (χ2n) is 13.0. The molecule has 0 radical (unpaired) electrons. The highest BCUT2D eigenvalue weighted by molar-refractivity contribution is 5.93. The molecule has 0 aromatic heterocycles. The third-order valence-electron chi connectivity index (χ3n) is 8.37. The Morgan fingerprint density at radius 1 is 0.429 bits per heavy atom. The van der Waals surface area contributed by atoms with Crippen molar-refractivity contribution in [3.63, 3.8) is 0 Å². The van der Waals surface area contributed by atoms with Crippen LogP contribution in [0.2, 0.25) is 0 Å². The van der Waals surface area contributed by atoms with E-state index in [0.29, 0.717) is 25.9 Å². The molecule has 1 saturated heterocycles. The maximum Gasteiger partial charge on any atom is 0.242 e. The van der Waals surface area contributed by atoms with Gasteiger partial charge in [0.25, 0.3) is 0 Å². The summed E-state index contributed by atoms with van der Waals surface area (Å²) in [5, 5.41) is 0. The molecule has 3 rings (SSSR count). The lowest BCUT2D eigenvalue weighted by atomic mass is 10.1. The Morgan fingerprint density at radius 3 is 1.02 bits per heavy atom. The topological polar surface area (TPSA) is 180 Å². The summed E-state index contributed by atoms with van der Waals surface area (Å²) in [5.74, 6) is -2.23. The van der Waals surface area contributed by atoms with Crippen LogP contribution < -0.4 is 17.2 Å². The summed E-state index contributed by atoms with van der Waals surface area (Å²) in [6.45, 7) is 7.66. The molecule has 6 N–H and O–H groups in total. The molecular formula is C36H54N8O5. The number of nitrogens with zero attached hydrogens (tertiary/aromatic N) is 5. The Labute approximate surface area is 290 Å². The molecule has 1 aliphatic heterocycles. The quantitative estimate of drug-likeness (QED) is 0.289. The van der Waals surface area contributed by atoms with E-state index in [0.717, 1.165) is 33.4 Å². The van der Waals surface area contributed by atoms with Gasteiger partial charge in [0.1, 0.15) is 13.1 Å². The zero-order valence-corrected chi connectivity index (χ0v) is 29.6. The van der Waals surface area contributed by atoms with Crippen LogP contribution >= 0.6 is 0 Å². The zero-order valence-electron chi connectivity index (χ0n) is 29.6. The maximum absolute atomic E-state index is 14.1. The largest absolute Gasteiger partial charge is 0.332 e. The summed E-state index contributed by atoms with van der Waals surface area (Å²) < 4.78 is 0. The van der Waals surface area contributed by atoms with Gasteiger partial charge >= 0.3 is 0 Å². The fourth-order valence-electron chi connectivity index (χ4n) is 6.14. The monoisotopic (exact) mass is 678 g/mol. The van der Waals surface area contributed by atoms with Crippen LogP contribution in [0.5, 0.6) is 0 Å². The molecule has 5 amide bonds. The predicted molar refractivity (Wildman–Crippen MR) is 189 cm³/mol. The smallest absolute Gasteiger partial charge is 0.242 e. The second-order valence-corrected chi connectivity index (χ2v) is 13.0. The van der Waals surface area contributed by atoms with Crippen LogP contribution in [0.15, 0.2) is 36.4 Å². The molecule has 0 spiro atoms. The first-order valence-electron chi connectivity index (χ1n) is 17.0.